The van der Waals surface area contributed by atoms with Crippen molar-refractivity contribution in [2.75, 3.05) is 6.54 Å². The van der Waals surface area contributed by atoms with Crippen molar-refractivity contribution in [3.8, 4) is 0 Å². The van der Waals surface area contributed by atoms with Gasteiger partial charge in [-0.3, -0.25) is 4.79 Å². The van der Waals surface area contributed by atoms with Gasteiger partial charge in [-0.05, 0) is 35.8 Å². The molecule has 1 aromatic heterocycles. The minimum Gasteiger partial charge on any atom is -0.393 e. The number of carbonyl (C=O) groups is 1. The molecule has 0 aliphatic carbocycles. The van der Waals surface area contributed by atoms with E-state index in [0.29, 0.717) is 23.5 Å². The second-order valence-corrected chi connectivity index (χ2v) is 6.76. The van der Waals surface area contributed by atoms with Gasteiger partial charge < -0.3 is 10.6 Å². The standard InChI is InChI=1S/C11H15BrN2OS2/c1-7(2)14(4-3-10(13)16)11(15)8-5-9(12)17-6-8/h5-7H,3-4H2,1-2H3,(H2,13,16). The summed E-state index contributed by atoms with van der Waals surface area (Å²) < 4.78 is 0.957. The van der Waals surface area contributed by atoms with Gasteiger partial charge in [0.2, 0.25) is 0 Å². The predicted octanol–water partition coefficient (Wildman–Crippen LogP) is 3.04. The number of carbonyl (C=O) groups excluding carboxylic acids is 1. The highest BCUT2D eigenvalue weighted by molar-refractivity contribution is 9.11. The molecule has 0 aliphatic rings. The Labute approximate surface area is 119 Å². The van der Waals surface area contributed by atoms with Gasteiger partial charge in [-0.15, -0.1) is 11.3 Å². The Morgan fingerprint density at radius 3 is 2.71 bits per heavy atom. The zero-order valence-electron chi connectivity index (χ0n) is 9.77. The molecule has 2 N–H and O–H groups in total. The minimum atomic E-state index is 0.0261. The van der Waals surface area contributed by atoms with Crippen LogP contribution in [0.4, 0.5) is 0 Å². The first-order valence-corrected chi connectivity index (χ1v) is 7.33. The molecule has 1 amide bonds. The molecule has 0 atom stereocenters. The van der Waals surface area contributed by atoms with E-state index in [-0.39, 0.29) is 11.9 Å². The molecule has 0 radical (unpaired) electrons. The number of thiophene rings is 1. The highest BCUT2D eigenvalue weighted by Crippen LogP contribution is 2.22. The first-order chi connectivity index (χ1) is 7.91. The van der Waals surface area contributed by atoms with Crippen molar-refractivity contribution in [1.82, 2.24) is 4.90 Å². The van der Waals surface area contributed by atoms with Gasteiger partial charge >= 0.3 is 0 Å². The molecule has 1 heterocycles. The number of amides is 1. The number of hydrogen-bond donors (Lipinski definition) is 1. The summed E-state index contributed by atoms with van der Waals surface area (Å²) >= 11 is 9.70. The second kappa shape index (κ2) is 6.47. The largest absolute Gasteiger partial charge is 0.393 e. The number of nitrogens with two attached hydrogens (primary N) is 1. The Morgan fingerprint density at radius 2 is 2.29 bits per heavy atom. The molecule has 17 heavy (non-hydrogen) atoms. The first-order valence-electron chi connectivity index (χ1n) is 5.25. The Bertz CT molecular complexity index is 417. The van der Waals surface area contributed by atoms with Crippen molar-refractivity contribution in [3.05, 3.63) is 20.8 Å². The van der Waals surface area contributed by atoms with Gasteiger partial charge in [0.25, 0.3) is 5.91 Å². The maximum Gasteiger partial charge on any atom is 0.254 e. The number of hydrogen-bond acceptors (Lipinski definition) is 3. The number of rotatable bonds is 5. The number of nitrogens with zero attached hydrogens (tertiary/aromatic N) is 1. The highest BCUT2D eigenvalue weighted by Gasteiger charge is 2.19. The van der Waals surface area contributed by atoms with Crippen LogP contribution in [0, 0.1) is 0 Å². The summed E-state index contributed by atoms with van der Waals surface area (Å²) in [5.74, 6) is 0.0261. The molecule has 0 spiro atoms. The molecule has 3 nitrogen and oxygen atoms in total. The summed E-state index contributed by atoms with van der Waals surface area (Å²) in [6, 6.07) is 1.97. The van der Waals surface area contributed by atoms with Gasteiger partial charge in [-0.25, -0.2) is 0 Å². The van der Waals surface area contributed by atoms with E-state index < -0.39 is 0 Å². The molecule has 0 fully saturated rings. The van der Waals surface area contributed by atoms with Crippen LogP contribution in [0.5, 0.6) is 0 Å². The molecular formula is C11H15BrN2OS2. The number of halogens is 1. The van der Waals surface area contributed by atoms with Crippen LogP contribution in [0.2, 0.25) is 0 Å². The van der Waals surface area contributed by atoms with Crippen molar-refractivity contribution in [3.63, 3.8) is 0 Å². The zero-order chi connectivity index (χ0) is 13.0. The Kier molecular flexibility index (Phi) is 5.55. The molecule has 1 aromatic rings. The lowest BCUT2D eigenvalue weighted by atomic mass is 10.2. The average molecular weight is 335 g/mol. The van der Waals surface area contributed by atoms with Crippen LogP contribution in [0.1, 0.15) is 30.6 Å². The van der Waals surface area contributed by atoms with E-state index in [1.54, 1.807) is 4.90 Å². The zero-order valence-corrected chi connectivity index (χ0v) is 13.0. The third-order valence-electron chi connectivity index (χ3n) is 2.30. The molecule has 6 heteroatoms. The SMILES string of the molecule is CC(C)N(CCC(N)=S)C(=O)c1csc(Br)c1. The van der Waals surface area contributed by atoms with Crippen molar-refractivity contribution in [2.45, 2.75) is 26.3 Å². The van der Waals surface area contributed by atoms with Gasteiger partial charge in [-0.2, -0.15) is 0 Å². The Hall–Kier alpha value is -0.460. The second-order valence-electron chi connectivity index (χ2n) is 3.95. The summed E-state index contributed by atoms with van der Waals surface area (Å²) in [5.41, 5.74) is 6.18. The predicted molar refractivity (Wildman–Crippen MR) is 79.6 cm³/mol. The quantitative estimate of drug-likeness (QED) is 0.842. The average Bonchev–Trinajstić information content (AvgIpc) is 2.63. The van der Waals surface area contributed by atoms with Crippen LogP contribution in [0.3, 0.4) is 0 Å². The minimum absolute atomic E-state index is 0.0261. The van der Waals surface area contributed by atoms with Crippen molar-refractivity contribution >= 4 is 50.4 Å². The van der Waals surface area contributed by atoms with Crippen LogP contribution in [0.15, 0.2) is 15.2 Å². The van der Waals surface area contributed by atoms with Crippen LogP contribution >= 0.6 is 39.5 Å². The van der Waals surface area contributed by atoms with E-state index in [4.69, 9.17) is 18.0 Å². The summed E-state index contributed by atoms with van der Waals surface area (Å²) in [5, 5.41) is 1.85. The third kappa shape index (κ3) is 4.37. The Morgan fingerprint density at radius 1 is 1.65 bits per heavy atom. The van der Waals surface area contributed by atoms with Crippen molar-refractivity contribution < 1.29 is 4.79 Å². The topological polar surface area (TPSA) is 46.3 Å². The third-order valence-corrected chi connectivity index (χ3v) is 4.01. The summed E-state index contributed by atoms with van der Waals surface area (Å²) in [6.45, 7) is 4.54. The van der Waals surface area contributed by atoms with Crippen molar-refractivity contribution in [1.29, 1.82) is 0 Å². The normalized spacial score (nSPS) is 10.6. The molecule has 0 aromatic carbocycles. The van der Waals surface area contributed by atoms with Crippen LogP contribution < -0.4 is 5.73 Å². The molecule has 1 rings (SSSR count). The van der Waals surface area contributed by atoms with Gasteiger partial charge in [0, 0.05) is 24.4 Å². The highest BCUT2D eigenvalue weighted by atomic mass is 79.9. The van der Waals surface area contributed by atoms with E-state index in [1.165, 1.54) is 11.3 Å². The van der Waals surface area contributed by atoms with Gasteiger partial charge in [0.05, 0.1) is 14.3 Å². The van der Waals surface area contributed by atoms with Gasteiger partial charge in [0.15, 0.2) is 0 Å². The number of thiocarbonyl (C=S) groups is 1. The maximum atomic E-state index is 12.2. The molecule has 0 bridgehead atoms. The smallest absolute Gasteiger partial charge is 0.254 e. The fourth-order valence-corrected chi connectivity index (χ4v) is 2.63. The lowest BCUT2D eigenvalue weighted by Crippen LogP contribution is -2.38. The monoisotopic (exact) mass is 334 g/mol. The van der Waals surface area contributed by atoms with Gasteiger partial charge in [-0.1, -0.05) is 12.2 Å². The Balaban J connectivity index is 2.77. The fraction of sp³-hybridized carbons (Fsp3) is 0.455. The molecular weight excluding hydrogens is 320 g/mol. The molecule has 0 saturated heterocycles. The van der Waals surface area contributed by atoms with E-state index in [1.807, 2.05) is 25.3 Å². The lowest BCUT2D eigenvalue weighted by molar-refractivity contribution is 0.0712. The van der Waals surface area contributed by atoms with Crippen LogP contribution in [-0.4, -0.2) is 28.4 Å². The summed E-state index contributed by atoms with van der Waals surface area (Å²) in [7, 11) is 0. The van der Waals surface area contributed by atoms with E-state index in [9.17, 15) is 4.79 Å². The van der Waals surface area contributed by atoms with Crippen LogP contribution in [-0.2, 0) is 0 Å². The fourth-order valence-electron chi connectivity index (χ4n) is 1.41. The maximum absolute atomic E-state index is 12.2. The molecule has 0 saturated carbocycles. The van der Waals surface area contributed by atoms with E-state index >= 15 is 0 Å². The van der Waals surface area contributed by atoms with Crippen LogP contribution in [0.25, 0.3) is 0 Å². The van der Waals surface area contributed by atoms with E-state index in [0.717, 1.165) is 3.79 Å². The summed E-state index contributed by atoms with van der Waals surface area (Å²) in [6.07, 6.45) is 0.560. The summed E-state index contributed by atoms with van der Waals surface area (Å²) in [4.78, 5) is 14.5. The lowest BCUT2D eigenvalue weighted by Gasteiger charge is -2.26. The van der Waals surface area contributed by atoms with Gasteiger partial charge in [0.1, 0.15) is 0 Å². The van der Waals surface area contributed by atoms with E-state index in [2.05, 4.69) is 15.9 Å². The van der Waals surface area contributed by atoms with Crippen molar-refractivity contribution in [2.24, 2.45) is 5.73 Å². The first kappa shape index (κ1) is 14.6. The molecule has 94 valence electrons. The molecule has 0 aliphatic heterocycles. The molecule has 0 unspecified atom stereocenters.